The molecule has 0 saturated carbocycles. The molecule has 0 N–H and O–H groups in total. The Morgan fingerprint density at radius 1 is 1.28 bits per heavy atom. The van der Waals surface area contributed by atoms with Crippen molar-refractivity contribution in [3.05, 3.63) is 36.5 Å². The number of aromatic nitrogens is 1. The smallest absolute Gasteiger partial charge is 0.262 e. The lowest BCUT2D eigenvalue weighted by Crippen LogP contribution is -2.35. The second-order valence-electron chi connectivity index (χ2n) is 4.32. The van der Waals surface area contributed by atoms with E-state index in [4.69, 9.17) is 4.74 Å². The molecule has 1 aromatic carbocycles. The van der Waals surface area contributed by atoms with Gasteiger partial charge in [-0.3, -0.25) is 9.78 Å². The molecule has 4 nitrogen and oxygen atoms in total. The van der Waals surface area contributed by atoms with Crippen molar-refractivity contribution < 1.29 is 9.53 Å². The number of nitrogens with zero attached hydrogens (tertiary/aromatic N) is 2. The first-order valence-electron chi connectivity index (χ1n) is 5.81. The molecule has 2 rings (SSSR count). The van der Waals surface area contributed by atoms with E-state index >= 15 is 0 Å². The van der Waals surface area contributed by atoms with Gasteiger partial charge in [-0.15, -0.1) is 0 Å². The third-order valence-corrected chi connectivity index (χ3v) is 2.69. The van der Waals surface area contributed by atoms with Crippen molar-refractivity contribution in [3.8, 4) is 5.75 Å². The molecule has 4 heteroatoms. The maximum atomic E-state index is 11.8. The van der Waals surface area contributed by atoms with Gasteiger partial charge in [0.05, 0.1) is 0 Å². The van der Waals surface area contributed by atoms with Crippen molar-refractivity contribution in [2.75, 3.05) is 14.1 Å². The third-order valence-electron chi connectivity index (χ3n) is 2.69. The number of amides is 1. The number of fused-ring (bicyclic) bond motifs is 1. The van der Waals surface area contributed by atoms with Crippen LogP contribution in [-0.2, 0) is 4.79 Å². The fraction of sp³-hybridized carbons (Fsp3) is 0.286. The van der Waals surface area contributed by atoms with Gasteiger partial charge in [0.1, 0.15) is 11.3 Å². The van der Waals surface area contributed by atoms with Gasteiger partial charge in [0.2, 0.25) is 0 Å². The van der Waals surface area contributed by atoms with E-state index in [9.17, 15) is 4.79 Å². The number of hydrogen-bond acceptors (Lipinski definition) is 3. The van der Waals surface area contributed by atoms with E-state index in [2.05, 4.69) is 4.98 Å². The molecule has 1 atom stereocenters. The van der Waals surface area contributed by atoms with Crippen LogP contribution >= 0.6 is 0 Å². The van der Waals surface area contributed by atoms with Crippen LogP contribution in [0.3, 0.4) is 0 Å². The molecule has 0 radical (unpaired) electrons. The molecule has 0 aliphatic rings. The highest BCUT2D eigenvalue weighted by Gasteiger charge is 2.17. The van der Waals surface area contributed by atoms with Crippen molar-refractivity contribution in [1.82, 2.24) is 9.88 Å². The summed E-state index contributed by atoms with van der Waals surface area (Å²) in [6.45, 7) is 1.74. The minimum Gasteiger partial charge on any atom is -0.479 e. The van der Waals surface area contributed by atoms with Crippen LogP contribution in [0.15, 0.2) is 36.5 Å². The molecule has 1 aromatic heterocycles. The Balaban J connectivity index is 2.29. The van der Waals surface area contributed by atoms with Crippen LogP contribution in [0.2, 0.25) is 0 Å². The lowest BCUT2D eigenvalue weighted by molar-refractivity contribution is -0.135. The molecule has 1 amide bonds. The zero-order valence-corrected chi connectivity index (χ0v) is 10.8. The highest BCUT2D eigenvalue weighted by atomic mass is 16.5. The van der Waals surface area contributed by atoms with Crippen molar-refractivity contribution in [1.29, 1.82) is 0 Å². The van der Waals surface area contributed by atoms with E-state index < -0.39 is 6.10 Å². The number of ether oxygens (including phenoxy) is 1. The van der Waals surface area contributed by atoms with E-state index in [1.807, 2.05) is 30.3 Å². The molecule has 0 saturated heterocycles. The number of benzene rings is 1. The van der Waals surface area contributed by atoms with Crippen molar-refractivity contribution in [3.63, 3.8) is 0 Å². The molecule has 1 unspecified atom stereocenters. The standard InChI is InChI=1S/C14H16N2O2/c1-10(14(17)16(2)3)18-12-8-4-6-11-7-5-9-15-13(11)12/h4-10H,1-3H3. The number of carbonyl (C=O) groups is 1. The van der Waals surface area contributed by atoms with Crippen LogP contribution in [0.25, 0.3) is 10.9 Å². The number of rotatable bonds is 3. The summed E-state index contributed by atoms with van der Waals surface area (Å²) >= 11 is 0. The Kier molecular flexibility index (Phi) is 3.46. The first kappa shape index (κ1) is 12.4. The average Bonchev–Trinajstić information content (AvgIpc) is 2.38. The van der Waals surface area contributed by atoms with E-state index in [0.717, 1.165) is 10.9 Å². The summed E-state index contributed by atoms with van der Waals surface area (Å²) in [5.74, 6) is 0.568. The third kappa shape index (κ3) is 2.42. The summed E-state index contributed by atoms with van der Waals surface area (Å²) in [7, 11) is 3.42. The van der Waals surface area contributed by atoms with Gasteiger partial charge in [0.25, 0.3) is 5.91 Å². The number of likely N-dealkylation sites (N-methyl/N-ethyl adjacent to an activating group) is 1. The van der Waals surface area contributed by atoms with Gasteiger partial charge in [-0.25, -0.2) is 0 Å². The molecular formula is C14H16N2O2. The minimum absolute atomic E-state index is 0.0667. The lowest BCUT2D eigenvalue weighted by atomic mass is 10.2. The summed E-state index contributed by atoms with van der Waals surface area (Å²) < 4.78 is 5.70. The molecule has 0 spiro atoms. The zero-order valence-electron chi connectivity index (χ0n) is 10.8. The topological polar surface area (TPSA) is 42.4 Å². The summed E-state index contributed by atoms with van der Waals surface area (Å²) in [6.07, 6.45) is 1.20. The molecule has 2 aromatic rings. The zero-order chi connectivity index (χ0) is 13.1. The summed E-state index contributed by atoms with van der Waals surface area (Å²) in [4.78, 5) is 17.6. The van der Waals surface area contributed by atoms with Crippen molar-refractivity contribution >= 4 is 16.8 Å². The Morgan fingerprint density at radius 2 is 2.00 bits per heavy atom. The number of hydrogen-bond donors (Lipinski definition) is 0. The van der Waals surface area contributed by atoms with Gasteiger partial charge in [-0.1, -0.05) is 18.2 Å². The van der Waals surface area contributed by atoms with Crippen LogP contribution in [0.5, 0.6) is 5.75 Å². The summed E-state index contributed by atoms with van der Waals surface area (Å²) in [5, 5.41) is 1.000. The van der Waals surface area contributed by atoms with Gasteiger partial charge in [0, 0.05) is 25.7 Å². The molecule has 0 bridgehead atoms. The monoisotopic (exact) mass is 244 g/mol. The maximum absolute atomic E-state index is 11.8. The molecule has 1 heterocycles. The summed E-state index contributed by atoms with van der Waals surface area (Å²) in [5.41, 5.74) is 0.776. The Labute approximate surface area is 106 Å². The summed E-state index contributed by atoms with van der Waals surface area (Å²) in [6, 6.07) is 9.53. The van der Waals surface area contributed by atoms with Crippen molar-refractivity contribution in [2.24, 2.45) is 0 Å². The second kappa shape index (κ2) is 5.04. The maximum Gasteiger partial charge on any atom is 0.262 e. The van der Waals surface area contributed by atoms with Crippen LogP contribution in [0.1, 0.15) is 6.92 Å². The van der Waals surface area contributed by atoms with Crippen LogP contribution in [0.4, 0.5) is 0 Å². The SMILES string of the molecule is CC(Oc1cccc2cccnc12)C(=O)N(C)C. The van der Waals surface area contributed by atoms with Crippen molar-refractivity contribution in [2.45, 2.75) is 13.0 Å². The molecule has 0 fully saturated rings. The van der Waals surface area contributed by atoms with Crippen LogP contribution in [0, 0.1) is 0 Å². The van der Waals surface area contributed by atoms with E-state index in [0.29, 0.717) is 5.75 Å². The minimum atomic E-state index is -0.521. The van der Waals surface area contributed by atoms with Gasteiger partial charge >= 0.3 is 0 Å². The predicted molar refractivity (Wildman–Crippen MR) is 70.5 cm³/mol. The number of carbonyl (C=O) groups excluding carboxylic acids is 1. The lowest BCUT2D eigenvalue weighted by Gasteiger charge is -2.18. The molecule has 0 aliphatic heterocycles. The van der Waals surface area contributed by atoms with E-state index in [1.54, 1.807) is 27.2 Å². The first-order chi connectivity index (χ1) is 8.59. The van der Waals surface area contributed by atoms with E-state index in [-0.39, 0.29) is 5.91 Å². The number of pyridine rings is 1. The van der Waals surface area contributed by atoms with Gasteiger partial charge in [-0.2, -0.15) is 0 Å². The van der Waals surface area contributed by atoms with Crippen LogP contribution < -0.4 is 4.74 Å². The highest BCUT2D eigenvalue weighted by Crippen LogP contribution is 2.24. The van der Waals surface area contributed by atoms with Crippen LogP contribution in [-0.4, -0.2) is 36.0 Å². The van der Waals surface area contributed by atoms with E-state index in [1.165, 1.54) is 4.90 Å². The molecule has 18 heavy (non-hydrogen) atoms. The van der Waals surface area contributed by atoms with Gasteiger partial charge in [-0.05, 0) is 19.1 Å². The van der Waals surface area contributed by atoms with Gasteiger partial charge in [0.15, 0.2) is 6.10 Å². The largest absolute Gasteiger partial charge is 0.479 e. The average molecular weight is 244 g/mol. The second-order valence-corrected chi connectivity index (χ2v) is 4.32. The molecule has 94 valence electrons. The Hall–Kier alpha value is -2.10. The van der Waals surface area contributed by atoms with Gasteiger partial charge < -0.3 is 9.64 Å². The normalized spacial score (nSPS) is 12.2. The molecular weight excluding hydrogens is 228 g/mol. The first-order valence-corrected chi connectivity index (χ1v) is 5.81. The fourth-order valence-electron chi connectivity index (χ4n) is 1.78. The highest BCUT2D eigenvalue weighted by molar-refractivity contribution is 5.85. The Bertz CT molecular complexity index is 561. The number of para-hydroxylation sites is 1. The fourth-order valence-corrected chi connectivity index (χ4v) is 1.78. The predicted octanol–water partition coefficient (Wildman–Crippen LogP) is 2.09. The Morgan fingerprint density at radius 3 is 2.72 bits per heavy atom. The molecule has 0 aliphatic carbocycles. The quantitative estimate of drug-likeness (QED) is 0.830.